The summed E-state index contributed by atoms with van der Waals surface area (Å²) in [5.41, 5.74) is 0. The number of hydrogen-bond acceptors (Lipinski definition) is 6. The number of nitrogens with zero attached hydrogens (tertiary/aromatic N) is 2. The highest BCUT2D eigenvalue weighted by molar-refractivity contribution is 7.79. The molecule has 8 nitrogen and oxygen atoms in total. The summed E-state index contributed by atoms with van der Waals surface area (Å²) in [5.74, 6) is 0. The molecule has 0 rings (SSSR count). The average Bonchev–Trinajstić information content (AvgIpc) is 2.00. The third-order valence-corrected chi connectivity index (χ3v) is 0.632. The maximum atomic E-state index is 9.80. The van der Waals surface area contributed by atoms with Crippen molar-refractivity contribution in [2.24, 2.45) is 0 Å². The minimum absolute atomic E-state index is 0.389. The maximum Gasteiger partial charge on any atom is 0.300 e. The summed E-state index contributed by atoms with van der Waals surface area (Å²) >= 11 is 0. The highest BCUT2D eigenvalue weighted by atomic mass is 32.3. The number of rotatable bonds is 2. The van der Waals surface area contributed by atoms with Crippen LogP contribution >= 0.6 is 0 Å². The minimum Gasteiger partial charge on any atom is -0.759 e. The van der Waals surface area contributed by atoms with Crippen molar-refractivity contribution in [2.45, 2.75) is 0 Å². The molecule has 0 unspecified atom stereocenters. The van der Waals surface area contributed by atoms with E-state index in [-0.39, 0.29) is 0 Å². The van der Waals surface area contributed by atoms with Gasteiger partial charge in [-0.15, -0.1) is 0 Å². The standard InChI is InChI=1S/2C4H10NO.H2O4S/c2*1-5(2,3)4-6;1-5(2,3)4/h2*4H,1-3H3;(H2,1,2,3,4)/q2*+1;/p-2. The van der Waals surface area contributed by atoms with E-state index in [0.29, 0.717) is 8.97 Å². The van der Waals surface area contributed by atoms with Crippen LogP contribution in [0.25, 0.3) is 0 Å². The van der Waals surface area contributed by atoms with E-state index in [1.807, 2.05) is 42.3 Å². The van der Waals surface area contributed by atoms with Crippen LogP contribution in [0, 0.1) is 0 Å². The van der Waals surface area contributed by atoms with Gasteiger partial charge in [0, 0.05) is 10.4 Å². The highest BCUT2D eigenvalue weighted by Crippen LogP contribution is 1.76. The smallest absolute Gasteiger partial charge is 0.300 e. The van der Waals surface area contributed by atoms with Crippen LogP contribution in [0.5, 0.6) is 0 Å². The number of carbonyl (C=O) groups is 2. The zero-order valence-electron chi connectivity index (χ0n) is 10.9. The molecule has 0 saturated carbocycles. The number of hydrogen-bond donors (Lipinski definition) is 0. The third-order valence-electron chi connectivity index (χ3n) is 0.632. The van der Waals surface area contributed by atoms with Crippen LogP contribution in [0.4, 0.5) is 0 Å². The van der Waals surface area contributed by atoms with Gasteiger partial charge in [-0.2, -0.15) is 0 Å². The van der Waals surface area contributed by atoms with Crippen molar-refractivity contribution in [1.29, 1.82) is 0 Å². The lowest BCUT2D eigenvalue weighted by atomic mass is 10.8. The summed E-state index contributed by atoms with van der Waals surface area (Å²) in [6.07, 6.45) is 1.75. The number of quaternary nitrogens is 2. The van der Waals surface area contributed by atoms with Gasteiger partial charge in [-0.3, -0.25) is 17.4 Å². The van der Waals surface area contributed by atoms with Gasteiger partial charge in [0.1, 0.15) is 0 Å². The lowest BCUT2D eigenvalue weighted by molar-refractivity contribution is -0.782. The van der Waals surface area contributed by atoms with Crippen LogP contribution < -0.4 is 0 Å². The van der Waals surface area contributed by atoms with Gasteiger partial charge in [-0.1, -0.05) is 0 Å². The Balaban J connectivity index is -0.000000174. The van der Waals surface area contributed by atoms with E-state index in [2.05, 4.69) is 0 Å². The molecule has 0 atom stereocenters. The van der Waals surface area contributed by atoms with Crippen molar-refractivity contribution in [3.8, 4) is 0 Å². The van der Waals surface area contributed by atoms with E-state index in [1.165, 1.54) is 0 Å². The molecule has 0 spiro atoms. The van der Waals surface area contributed by atoms with Crippen LogP contribution in [0.1, 0.15) is 0 Å². The SMILES string of the molecule is C[N+](C)(C)C=O.C[N+](C)(C)C=O.O=S(=O)([O-])[O-]. The van der Waals surface area contributed by atoms with Gasteiger partial charge in [0.25, 0.3) is 0 Å². The van der Waals surface area contributed by atoms with Crippen molar-refractivity contribution in [3.05, 3.63) is 0 Å². The van der Waals surface area contributed by atoms with E-state index in [4.69, 9.17) is 17.5 Å². The van der Waals surface area contributed by atoms with Crippen molar-refractivity contribution in [2.75, 3.05) is 42.3 Å². The molecule has 0 aromatic heterocycles. The zero-order chi connectivity index (χ0) is 14.9. The molecule has 0 saturated heterocycles. The molecule has 17 heavy (non-hydrogen) atoms. The van der Waals surface area contributed by atoms with Crippen molar-refractivity contribution < 1.29 is 36.1 Å². The zero-order valence-corrected chi connectivity index (χ0v) is 11.7. The van der Waals surface area contributed by atoms with E-state index in [9.17, 15) is 9.59 Å². The Kier molecular flexibility index (Phi) is 10.4. The molecule has 0 heterocycles. The van der Waals surface area contributed by atoms with E-state index in [0.717, 1.165) is 12.8 Å². The molecule has 9 heteroatoms. The normalized spacial score (nSPS) is 11.3. The summed E-state index contributed by atoms with van der Waals surface area (Å²) in [5, 5.41) is 0. The Morgan fingerprint density at radius 2 is 0.824 bits per heavy atom. The molecule has 0 fully saturated rings. The predicted octanol–water partition coefficient (Wildman–Crippen LogP) is -1.64. The average molecular weight is 272 g/mol. The molecule has 0 aliphatic rings. The lowest BCUT2D eigenvalue weighted by Crippen LogP contribution is -2.31. The van der Waals surface area contributed by atoms with Crippen molar-refractivity contribution in [1.82, 2.24) is 0 Å². The molecule has 104 valence electrons. The number of carbonyl (C=O) groups excluding carboxylic acids is 2. The Bertz CT molecular complexity index is 286. The van der Waals surface area contributed by atoms with Crippen LogP contribution in [0.3, 0.4) is 0 Å². The monoisotopic (exact) mass is 272 g/mol. The van der Waals surface area contributed by atoms with Gasteiger partial charge >= 0.3 is 12.8 Å². The van der Waals surface area contributed by atoms with Gasteiger partial charge in [-0.25, -0.2) is 9.59 Å². The highest BCUT2D eigenvalue weighted by Gasteiger charge is 1.99. The van der Waals surface area contributed by atoms with Gasteiger partial charge in [0.15, 0.2) is 0 Å². The van der Waals surface area contributed by atoms with Crippen LogP contribution in [-0.2, 0) is 20.0 Å². The van der Waals surface area contributed by atoms with Gasteiger partial charge in [0.2, 0.25) is 0 Å². The Morgan fingerprint density at radius 3 is 0.824 bits per heavy atom. The van der Waals surface area contributed by atoms with E-state index >= 15 is 0 Å². The first-order valence-electron chi connectivity index (χ1n) is 4.34. The Hall–Kier alpha value is -0.870. The Morgan fingerprint density at radius 1 is 0.765 bits per heavy atom. The third kappa shape index (κ3) is 99.1. The predicted molar refractivity (Wildman–Crippen MR) is 58.7 cm³/mol. The van der Waals surface area contributed by atoms with E-state index < -0.39 is 10.4 Å². The van der Waals surface area contributed by atoms with Crippen LogP contribution in [0.2, 0.25) is 0 Å². The van der Waals surface area contributed by atoms with Crippen LogP contribution in [-0.4, -0.2) is 81.6 Å². The quantitative estimate of drug-likeness (QED) is 0.258. The first kappa shape index (κ1) is 21.4. The molecule has 0 aliphatic carbocycles. The summed E-state index contributed by atoms with van der Waals surface area (Å²) in [7, 11) is 5.71. The van der Waals surface area contributed by atoms with E-state index in [1.54, 1.807) is 0 Å². The molecule has 0 bridgehead atoms. The summed E-state index contributed by atoms with van der Waals surface area (Å²) in [6, 6.07) is 0. The molecular formula is C8H20N2O6S. The topological polar surface area (TPSA) is 114 Å². The molecular weight excluding hydrogens is 252 g/mol. The van der Waals surface area contributed by atoms with Gasteiger partial charge in [0.05, 0.1) is 42.3 Å². The molecule has 0 aromatic rings. The molecule has 0 N–H and O–H groups in total. The fourth-order valence-corrected chi connectivity index (χ4v) is 0. The minimum atomic E-state index is -5.17. The second-order valence-corrected chi connectivity index (χ2v) is 5.67. The first-order chi connectivity index (χ1) is 7.12. The molecule has 0 aliphatic heterocycles. The fourth-order valence-electron chi connectivity index (χ4n) is 0. The lowest BCUT2D eigenvalue weighted by Gasteiger charge is -2.11. The van der Waals surface area contributed by atoms with Crippen LogP contribution in [0.15, 0.2) is 0 Å². The second-order valence-electron chi connectivity index (χ2n) is 4.85. The maximum absolute atomic E-state index is 9.80. The first-order valence-corrected chi connectivity index (χ1v) is 5.67. The molecule has 0 aromatic carbocycles. The fraction of sp³-hybridized carbons (Fsp3) is 0.750. The Labute approximate surface area is 102 Å². The summed E-state index contributed by atoms with van der Waals surface area (Å²) in [4.78, 5) is 19.6. The largest absolute Gasteiger partial charge is 0.759 e. The van der Waals surface area contributed by atoms with Crippen molar-refractivity contribution in [3.63, 3.8) is 0 Å². The van der Waals surface area contributed by atoms with Gasteiger partial charge in [-0.05, 0) is 0 Å². The van der Waals surface area contributed by atoms with Gasteiger partial charge < -0.3 is 9.11 Å². The molecule has 0 radical (unpaired) electrons. The number of amides is 2. The second kappa shape index (κ2) is 8.25. The summed E-state index contributed by atoms with van der Waals surface area (Å²) < 4.78 is 34.9. The van der Waals surface area contributed by atoms with Crippen molar-refractivity contribution >= 4 is 23.2 Å². The summed E-state index contributed by atoms with van der Waals surface area (Å²) in [6.45, 7) is 0. The molecule has 2 amide bonds.